The van der Waals surface area contributed by atoms with Gasteiger partial charge in [0.2, 0.25) is 5.91 Å². The molecule has 0 unspecified atom stereocenters. The summed E-state index contributed by atoms with van der Waals surface area (Å²) in [6.45, 7) is 3.29. The fourth-order valence-electron chi connectivity index (χ4n) is 3.39. The molecule has 0 saturated carbocycles. The minimum atomic E-state index is -0.0314. The average molecular weight is 366 g/mol. The van der Waals surface area contributed by atoms with Gasteiger partial charge in [0.25, 0.3) is 5.91 Å². The van der Waals surface area contributed by atoms with Gasteiger partial charge in [-0.05, 0) is 49.1 Å². The smallest absolute Gasteiger partial charge is 0.251 e. The molecule has 1 saturated heterocycles. The van der Waals surface area contributed by atoms with Crippen molar-refractivity contribution in [2.24, 2.45) is 0 Å². The predicted molar refractivity (Wildman–Crippen MR) is 105 cm³/mol. The third-order valence-corrected chi connectivity index (χ3v) is 5.09. The van der Waals surface area contributed by atoms with Gasteiger partial charge in [-0.3, -0.25) is 9.59 Å². The van der Waals surface area contributed by atoms with Crippen LogP contribution in [0.25, 0.3) is 0 Å². The Kier molecular flexibility index (Phi) is 6.12. The molecule has 142 valence electrons. The monoisotopic (exact) mass is 366 g/mol. The van der Waals surface area contributed by atoms with E-state index in [2.05, 4.69) is 5.32 Å². The molecule has 1 aliphatic heterocycles. The van der Waals surface area contributed by atoms with Crippen molar-refractivity contribution in [3.63, 3.8) is 0 Å². The molecule has 0 radical (unpaired) electrons. The van der Waals surface area contributed by atoms with Crippen LogP contribution < -0.4 is 10.1 Å². The Labute approximate surface area is 160 Å². The molecular formula is C22H26N2O3. The minimum Gasteiger partial charge on any atom is -0.497 e. The Bertz CT molecular complexity index is 793. The highest BCUT2D eigenvalue weighted by molar-refractivity contribution is 5.95. The Morgan fingerprint density at radius 1 is 1.07 bits per heavy atom. The lowest BCUT2D eigenvalue weighted by atomic mass is 10.0. The second-order valence-electron chi connectivity index (χ2n) is 6.97. The Hall–Kier alpha value is -2.82. The predicted octanol–water partition coefficient (Wildman–Crippen LogP) is 2.97. The summed E-state index contributed by atoms with van der Waals surface area (Å²) in [5, 5.41) is 3.11. The van der Waals surface area contributed by atoms with E-state index in [1.807, 2.05) is 60.4 Å². The molecule has 1 N–H and O–H groups in total. The first-order chi connectivity index (χ1) is 13.1. The largest absolute Gasteiger partial charge is 0.497 e. The van der Waals surface area contributed by atoms with Gasteiger partial charge in [-0.2, -0.15) is 0 Å². The van der Waals surface area contributed by atoms with E-state index in [1.165, 1.54) is 0 Å². The zero-order valence-electron chi connectivity index (χ0n) is 15.9. The van der Waals surface area contributed by atoms with Crippen LogP contribution in [0.1, 0.15) is 34.3 Å². The van der Waals surface area contributed by atoms with Crippen LogP contribution in [0.5, 0.6) is 5.75 Å². The maximum atomic E-state index is 12.5. The van der Waals surface area contributed by atoms with Crippen molar-refractivity contribution in [1.29, 1.82) is 0 Å². The number of carbonyl (C=O) groups is 2. The maximum Gasteiger partial charge on any atom is 0.251 e. The van der Waals surface area contributed by atoms with Gasteiger partial charge in [0.05, 0.1) is 13.5 Å². The van der Waals surface area contributed by atoms with E-state index in [0.29, 0.717) is 19.5 Å². The van der Waals surface area contributed by atoms with Crippen molar-refractivity contribution in [1.82, 2.24) is 10.2 Å². The van der Waals surface area contributed by atoms with Crippen LogP contribution in [0.3, 0.4) is 0 Å². The van der Waals surface area contributed by atoms with E-state index in [1.54, 1.807) is 7.11 Å². The standard InChI is InChI=1S/C22H26N2O3/c1-16-5-3-4-6-20(16)22(26)23-18-11-13-24(14-12-18)21(25)15-17-7-9-19(27-2)10-8-17/h3-10,18H,11-15H2,1-2H3,(H,23,26). The van der Waals surface area contributed by atoms with Gasteiger partial charge in [0.1, 0.15) is 5.75 Å². The molecule has 2 amide bonds. The van der Waals surface area contributed by atoms with Crippen LogP contribution in [0.15, 0.2) is 48.5 Å². The number of likely N-dealkylation sites (tertiary alicyclic amines) is 1. The van der Waals surface area contributed by atoms with Crippen molar-refractivity contribution >= 4 is 11.8 Å². The molecule has 1 aliphatic rings. The number of rotatable bonds is 5. The number of piperidine rings is 1. The minimum absolute atomic E-state index is 0.0314. The highest BCUT2D eigenvalue weighted by Crippen LogP contribution is 2.16. The third kappa shape index (κ3) is 4.88. The quantitative estimate of drug-likeness (QED) is 0.885. The first kappa shape index (κ1) is 19.0. The molecule has 2 aromatic carbocycles. The maximum absolute atomic E-state index is 12.5. The van der Waals surface area contributed by atoms with E-state index in [-0.39, 0.29) is 17.9 Å². The summed E-state index contributed by atoms with van der Waals surface area (Å²) >= 11 is 0. The lowest BCUT2D eigenvalue weighted by Crippen LogP contribution is -2.47. The summed E-state index contributed by atoms with van der Waals surface area (Å²) in [4.78, 5) is 26.9. The average Bonchev–Trinajstić information content (AvgIpc) is 2.69. The second kappa shape index (κ2) is 8.71. The number of nitrogens with zero attached hydrogens (tertiary/aromatic N) is 1. The number of carbonyl (C=O) groups excluding carboxylic acids is 2. The molecule has 0 bridgehead atoms. The summed E-state index contributed by atoms with van der Waals surface area (Å²) in [7, 11) is 1.63. The number of hydrogen-bond donors (Lipinski definition) is 1. The van der Waals surface area contributed by atoms with Gasteiger partial charge in [0, 0.05) is 24.7 Å². The first-order valence-corrected chi connectivity index (χ1v) is 9.34. The molecule has 0 spiro atoms. The molecule has 0 atom stereocenters. The molecule has 1 fully saturated rings. The van der Waals surface area contributed by atoms with Crippen LogP contribution >= 0.6 is 0 Å². The van der Waals surface area contributed by atoms with E-state index in [0.717, 1.165) is 35.3 Å². The zero-order chi connectivity index (χ0) is 19.2. The highest BCUT2D eigenvalue weighted by atomic mass is 16.5. The van der Waals surface area contributed by atoms with Crippen molar-refractivity contribution in [2.45, 2.75) is 32.2 Å². The van der Waals surface area contributed by atoms with Gasteiger partial charge < -0.3 is 15.0 Å². The SMILES string of the molecule is COc1ccc(CC(=O)N2CCC(NC(=O)c3ccccc3C)CC2)cc1. The zero-order valence-corrected chi connectivity index (χ0v) is 15.9. The number of hydrogen-bond acceptors (Lipinski definition) is 3. The fraction of sp³-hybridized carbons (Fsp3) is 0.364. The number of nitrogens with one attached hydrogen (secondary N) is 1. The van der Waals surface area contributed by atoms with Gasteiger partial charge in [0.15, 0.2) is 0 Å². The van der Waals surface area contributed by atoms with E-state index in [4.69, 9.17) is 4.74 Å². The van der Waals surface area contributed by atoms with E-state index < -0.39 is 0 Å². The molecule has 5 heteroatoms. The van der Waals surface area contributed by atoms with Gasteiger partial charge in [-0.1, -0.05) is 30.3 Å². The Balaban J connectivity index is 1.48. The van der Waals surface area contributed by atoms with Gasteiger partial charge in [-0.25, -0.2) is 0 Å². The number of ether oxygens (including phenoxy) is 1. The Morgan fingerprint density at radius 2 is 1.74 bits per heavy atom. The summed E-state index contributed by atoms with van der Waals surface area (Å²) in [5.41, 5.74) is 2.67. The summed E-state index contributed by atoms with van der Waals surface area (Å²) < 4.78 is 5.14. The van der Waals surface area contributed by atoms with E-state index >= 15 is 0 Å². The van der Waals surface area contributed by atoms with Crippen LogP contribution in [0, 0.1) is 6.92 Å². The number of benzene rings is 2. The number of methoxy groups -OCH3 is 1. The summed E-state index contributed by atoms with van der Waals surface area (Å²) in [6, 6.07) is 15.3. The Morgan fingerprint density at radius 3 is 2.37 bits per heavy atom. The van der Waals surface area contributed by atoms with Crippen molar-refractivity contribution < 1.29 is 14.3 Å². The normalized spacial score (nSPS) is 14.7. The second-order valence-corrected chi connectivity index (χ2v) is 6.97. The van der Waals surface area contributed by atoms with Crippen LogP contribution in [-0.4, -0.2) is 43.0 Å². The molecule has 0 aromatic heterocycles. The first-order valence-electron chi connectivity index (χ1n) is 9.34. The fourth-order valence-corrected chi connectivity index (χ4v) is 3.39. The molecule has 0 aliphatic carbocycles. The van der Waals surface area contributed by atoms with Gasteiger partial charge in [-0.15, -0.1) is 0 Å². The third-order valence-electron chi connectivity index (χ3n) is 5.09. The molecule has 27 heavy (non-hydrogen) atoms. The number of aryl methyl sites for hydroxylation is 1. The van der Waals surface area contributed by atoms with Crippen LogP contribution in [0.4, 0.5) is 0 Å². The molecule has 5 nitrogen and oxygen atoms in total. The number of amides is 2. The summed E-state index contributed by atoms with van der Waals surface area (Å²) in [5.74, 6) is 0.886. The lowest BCUT2D eigenvalue weighted by Gasteiger charge is -2.32. The van der Waals surface area contributed by atoms with Crippen molar-refractivity contribution in [2.75, 3.05) is 20.2 Å². The molecule has 2 aromatic rings. The molecule has 3 rings (SSSR count). The lowest BCUT2D eigenvalue weighted by molar-refractivity contribution is -0.131. The van der Waals surface area contributed by atoms with Crippen LogP contribution in [-0.2, 0) is 11.2 Å². The van der Waals surface area contributed by atoms with Crippen molar-refractivity contribution in [3.05, 3.63) is 65.2 Å². The topological polar surface area (TPSA) is 58.6 Å². The highest BCUT2D eigenvalue weighted by Gasteiger charge is 2.24. The van der Waals surface area contributed by atoms with Gasteiger partial charge >= 0.3 is 0 Å². The van der Waals surface area contributed by atoms with E-state index in [9.17, 15) is 9.59 Å². The summed E-state index contributed by atoms with van der Waals surface area (Å²) in [6.07, 6.45) is 1.96. The van der Waals surface area contributed by atoms with Crippen LogP contribution in [0.2, 0.25) is 0 Å². The molecular weight excluding hydrogens is 340 g/mol. The van der Waals surface area contributed by atoms with Crippen molar-refractivity contribution in [3.8, 4) is 5.75 Å². The molecule has 1 heterocycles.